The van der Waals surface area contributed by atoms with Crippen molar-refractivity contribution in [3.63, 3.8) is 0 Å². The van der Waals surface area contributed by atoms with E-state index in [9.17, 15) is 0 Å². The van der Waals surface area contributed by atoms with Crippen molar-refractivity contribution >= 4 is 39.0 Å². The third-order valence-electron chi connectivity index (χ3n) is 15.2. The number of rotatable bonds is 6. The van der Waals surface area contributed by atoms with Crippen LogP contribution in [-0.4, -0.2) is 0 Å². The van der Waals surface area contributed by atoms with E-state index >= 15 is 0 Å². The molecule has 0 fully saturated rings. The number of nitrogens with zero attached hydrogens (tertiary/aromatic N) is 1. The minimum Gasteiger partial charge on any atom is -0.455 e. The molecule has 0 N–H and O–H groups in total. The summed E-state index contributed by atoms with van der Waals surface area (Å²) < 4.78 is 6.71. The number of benzene rings is 9. The van der Waals surface area contributed by atoms with Crippen LogP contribution in [0.2, 0.25) is 0 Å². The molecule has 0 radical (unpaired) electrons. The Hall–Kier alpha value is -7.42. The first-order chi connectivity index (χ1) is 32.8. The molecule has 2 heteroatoms. The molecule has 0 bridgehead atoms. The predicted molar refractivity (Wildman–Crippen MR) is 286 cm³/mol. The normalized spacial score (nSPS) is 14.4. The summed E-state index contributed by atoms with van der Waals surface area (Å²) in [6.45, 7) is 18.9. The molecule has 9 aromatic carbocycles. The van der Waals surface area contributed by atoms with Crippen LogP contribution in [0.25, 0.3) is 55.3 Å². The van der Waals surface area contributed by atoms with Crippen molar-refractivity contribution in [2.75, 3.05) is 4.90 Å². The summed E-state index contributed by atoms with van der Waals surface area (Å²) in [5.41, 5.74) is 21.9. The maximum absolute atomic E-state index is 6.71. The molecule has 0 spiro atoms. The van der Waals surface area contributed by atoms with Crippen molar-refractivity contribution < 1.29 is 4.42 Å². The van der Waals surface area contributed by atoms with Crippen LogP contribution in [0.1, 0.15) is 99.9 Å². The second-order valence-corrected chi connectivity index (χ2v) is 21.7. The molecule has 2 aliphatic carbocycles. The summed E-state index contributed by atoms with van der Waals surface area (Å²) >= 11 is 0. The van der Waals surface area contributed by atoms with Gasteiger partial charge in [-0.1, -0.05) is 225 Å². The smallest absolute Gasteiger partial charge is 0.143 e. The minimum absolute atomic E-state index is 0.0672. The Balaban J connectivity index is 1.23. The second-order valence-electron chi connectivity index (χ2n) is 21.7. The number of fused-ring (bicyclic) bond motifs is 9. The fourth-order valence-electron chi connectivity index (χ4n) is 11.8. The Morgan fingerprint density at radius 2 is 0.985 bits per heavy atom. The van der Waals surface area contributed by atoms with Gasteiger partial charge in [0.2, 0.25) is 0 Å². The van der Waals surface area contributed by atoms with E-state index in [1.165, 1.54) is 72.4 Å². The van der Waals surface area contributed by atoms with E-state index in [2.05, 4.69) is 260 Å². The topological polar surface area (TPSA) is 16.4 Å². The zero-order valence-electron chi connectivity index (χ0n) is 40.4. The van der Waals surface area contributed by atoms with Gasteiger partial charge >= 0.3 is 0 Å². The van der Waals surface area contributed by atoms with Crippen molar-refractivity contribution in [1.82, 2.24) is 0 Å². The van der Waals surface area contributed by atoms with Crippen LogP contribution in [0.3, 0.4) is 0 Å². The maximum atomic E-state index is 6.71. The summed E-state index contributed by atoms with van der Waals surface area (Å²) in [7, 11) is 0. The SMILES string of the molecule is CC(C)(C)c1ccc2c(c1)C(c1ccccc1)(c1ccccc1)c1cc(C(C)(C)C)cc(N(c3cccc(-c4cccc5c4oc4ccccc45)c3)c3cccc4c3-c3ccccc3C4(C)C)c1-2. The molecule has 1 aromatic heterocycles. The van der Waals surface area contributed by atoms with E-state index in [-0.39, 0.29) is 16.2 Å². The summed E-state index contributed by atoms with van der Waals surface area (Å²) in [6, 6.07) is 75.2. The van der Waals surface area contributed by atoms with Crippen molar-refractivity contribution in [3.05, 3.63) is 245 Å². The molecule has 68 heavy (non-hydrogen) atoms. The van der Waals surface area contributed by atoms with Crippen molar-refractivity contribution in [1.29, 1.82) is 0 Å². The molecule has 12 rings (SSSR count). The highest BCUT2D eigenvalue weighted by Crippen LogP contribution is 2.62. The minimum atomic E-state index is -0.609. The lowest BCUT2D eigenvalue weighted by atomic mass is 9.66. The third-order valence-corrected chi connectivity index (χ3v) is 15.2. The van der Waals surface area contributed by atoms with Crippen LogP contribution in [0.5, 0.6) is 0 Å². The van der Waals surface area contributed by atoms with Crippen LogP contribution in [0.4, 0.5) is 17.1 Å². The number of furan rings is 1. The first kappa shape index (κ1) is 42.0. The van der Waals surface area contributed by atoms with Crippen molar-refractivity contribution in [2.45, 2.75) is 77.0 Å². The predicted octanol–water partition coefficient (Wildman–Crippen LogP) is 18.0. The quantitative estimate of drug-likeness (QED) is 0.165. The first-order valence-corrected chi connectivity index (χ1v) is 24.3. The fourth-order valence-corrected chi connectivity index (χ4v) is 11.8. The molecule has 0 saturated carbocycles. The Bertz CT molecular complexity index is 3570. The van der Waals surface area contributed by atoms with Crippen molar-refractivity contribution in [3.8, 4) is 33.4 Å². The largest absolute Gasteiger partial charge is 0.455 e. The summed E-state index contributed by atoms with van der Waals surface area (Å²) in [5.74, 6) is 0. The van der Waals surface area contributed by atoms with Gasteiger partial charge in [-0.2, -0.15) is 0 Å². The number of hydrogen-bond donors (Lipinski definition) is 0. The van der Waals surface area contributed by atoms with E-state index in [1.807, 2.05) is 0 Å². The van der Waals surface area contributed by atoms with Crippen LogP contribution in [0, 0.1) is 0 Å². The molecule has 0 unspecified atom stereocenters. The van der Waals surface area contributed by atoms with Gasteiger partial charge in [0, 0.05) is 38.6 Å². The van der Waals surface area contributed by atoms with Gasteiger partial charge in [0.05, 0.1) is 16.8 Å². The van der Waals surface area contributed by atoms with E-state index in [0.717, 1.165) is 44.4 Å². The number of hydrogen-bond acceptors (Lipinski definition) is 2. The van der Waals surface area contributed by atoms with Gasteiger partial charge in [-0.15, -0.1) is 0 Å². The molecular formula is C66H57NO. The van der Waals surface area contributed by atoms with Crippen LogP contribution < -0.4 is 4.90 Å². The van der Waals surface area contributed by atoms with Gasteiger partial charge in [0.1, 0.15) is 11.2 Å². The summed E-state index contributed by atoms with van der Waals surface area (Å²) in [4.78, 5) is 2.61. The Morgan fingerprint density at radius 1 is 0.412 bits per heavy atom. The molecule has 10 aromatic rings. The van der Waals surface area contributed by atoms with E-state index in [1.54, 1.807) is 0 Å². The Morgan fingerprint density at radius 3 is 1.72 bits per heavy atom. The summed E-state index contributed by atoms with van der Waals surface area (Å²) in [6.07, 6.45) is 0. The zero-order chi connectivity index (χ0) is 46.7. The monoisotopic (exact) mass is 879 g/mol. The molecule has 1 heterocycles. The number of anilines is 3. The molecule has 0 saturated heterocycles. The standard InChI is InChI=1S/C66H57NO/c1-63(2,3)45-36-37-52-55(39-45)66(43-23-11-9-12-24-43,44-25-13-10-14-26-44)56-40-46(64(4,5)6)41-58(61(52)56)67(57-34-21-33-54-60(57)51-29-15-17-32-53(51)65(54,7)8)47-27-19-22-42(38-47)48-30-20-31-50-49-28-16-18-35-59(49)68-62(48)50/h9-41H,1-8H3. The lowest BCUT2D eigenvalue weighted by molar-refractivity contribution is 0.586. The van der Waals surface area contributed by atoms with Crippen LogP contribution in [0.15, 0.2) is 205 Å². The second kappa shape index (κ2) is 15.0. The molecule has 0 aliphatic heterocycles. The molecule has 332 valence electrons. The third kappa shape index (κ3) is 6.16. The van der Waals surface area contributed by atoms with Crippen molar-refractivity contribution in [2.24, 2.45) is 0 Å². The van der Waals surface area contributed by atoms with Gasteiger partial charge in [0.15, 0.2) is 0 Å². The van der Waals surface area contributed by atoms with E-state index in [0.29, 0.717) is 0 Å². The Kier molecular flexibility index (Phi) is 9.29. The van der Waals surface area contributed by atoms with Gasteiger partial charge in [-0.3, -0.25) is 0 Å². The highest BCUT2D eigenvalue weighted by atomic mass is 16.3. The zero-order valence-corrected chi connectivity index (χ0v) is 40.4. The average Bonchev–Trinajstić information content (AvgIpc) is 3.96. The lowest BCUT2D eigenvalue weighted by Crippen LogP contribution is -2.30. The van der Waals surface area contributed by atoms with Gasteiger partial charge in [-0.25, -0.2) is 0 Å². The number of para-hydroxylation sites is 2. The molecule has 2 aliphatic rings. The molecular weight excluding hydrogens is 823 g/mol. The maximum Gasteiger partial charge on any atom is 0.143 e. The lowest BCUT2D eigenvalue weighted by Gasteiger charge is -2.37. The fraction of sp³-hybridized carbons (Fsp3) is 0.182. The van der Waals surface area contributed by atoms with Gasteiger partial charge in [0.25, 0.3) is 0 Å². The molecule has 0 amide bonds. The highest BCUT2D eigenvalue weighted by molar-refractivity contribution is 6.10. The van der Waals surface area contributed by atoms with E-state index in [4.69, 9.17) is 4.42 Å². The van der Waals surface area contributed by atoms with Crippen LogP contribution >= 0.6 is 0 Å². The van der Waals surface area contributed by atoms with Gasteiger partial charge < -0.3 is 9.32 Å². The van der Waals surface area contributed by atoms with Crippen LogP contribution in [-0.2, 0) is 21.7 Å². The molecule has 2 nitrogen and oxygen atoms in total. The average molecular weight is 880 g/mol. The highest BCUT2D eigenvalue weighted by Gasteiger charge is 2.49. The van der Waals surface area contributed by atoms with E-state index < -0.39 is 5.41 Å². The first-order valence-electron chi connectivity index (χ1n) is 24.3. The summed E-state index contributed by atoms with van der Waals surface area (Å²) in [5, 5.41) is 2.26. The van der Waals surface area contributed by atoms with Gasteiger partial charge in [-0.05, 0) is 102 Å². The molecule has 0 atom stereocenters. The Labute approximate surface area is 401 Å².